The molecule has 0 saturated heterocycles. The highest BCUT2D eigenvalue weighted by atomic mass is 16.3. The number of rotatable bonds is 6. The molecule has 3 heteroatoms. The molecule has 0 heterocycles. The number of nitrogens with zero attached hydrogens (tertiary/aromatic N) is 1. The summed E-state index contributed by atoms with van der Waals surface area (Å²) in [5.41, 5.74) is 3.84. The van der Waals surface area contributed by atoms with Gasteiger partial charge in [-0.05, 0) is 42.5 Å². The van der Waals surface area contributed by atoms with Crippen LogP contribution in [0.1, 0.15) is 36.1 Å². The van der Waals surface area contributed by atoms with Crippen molar-refractivity contribution in [3.8, 4) is 0 Å². The molecule has 100 valence electrons. The average molecular weight is 249 g/mol. The van der Waals surface area contributed by atoms with Crippen molar-refractivity contribution in [2.24, 2.45) is 0 Å². The van der Waals surface area contributed by atoms with E-state index in [9.17, 15) is 5.11 Å². The van der Waals surface area contributed by atoms with Crippen molar-refractivity contribution in [2.75, 3.05) is 26.2 Å². The number of aliphatic hydroxyl groups excluding tert-OH is 2. The fraction of sp³-hybridized carbons (Fsp3) is 0.600. The summed E-state index contributed by atoms with van der Waals surface area (Å²) >= 11 is 0. The van der Waals surface area contributed by atoms with E-state index in [1.807, 2.05) is 13.0 Å². The Morgan fingerprint density at radius 3 is 2.78 bits per heavy atom. The molecule has 1 aromatic carbocycles. The van der Waals surface area contributed by atoms with Crippen LogP contribution in [-0.4, -0.2) is 41.4 Å². The van der Waals surface area contributed by atoms with E-state index in [0.717, 1.165) is 18.5 Å². The van der Waals surface area contributed by atoms with Gasteiger partial charge in [0.15, 0.2) is 0 Å². The fourth-order valence-corrected chi connectivity index (χ4v) is 2.67. The molecule has 1 unspecified atom stereocenters. The molecule has 1 aromatic rings. The normalized spacial score (nSPS) is 16.0. The van der Waals surface area contributed by atoms with Crippen LogP contribution in [0.25, 0.3) is 0 Å². The summed E-state index contributed by atoms with van der Waals surface area (Å²) in [7, 11) is 0. The molecule has 3 nitrogen and oxygen atoms in total. The third kappa shape index (κ3) is 3.10. The van der Waals surface area contributed by atoms with Crippen LogP contribution in [-0.2, 0) is 12.8 Å². The summed E-state index contributed by atoms with van der Waals surface area (Å²) in [6.45, 7) is 4.26. The van der Waals surface area contributed by atoms with Crippen molar-refractivity contribution in [1.29, 1.82) is 0 Å². The van der Waals surface area contributed by atoms with E-state index in [-0.39, 0.29) is 6.61 Å². The van der Waals surface area contributed by atoms with Crippen molar-refractivity contribution in [1.82, 2.24) is 4.90 Å². The van der Waals surface area contributed by atoms with Gasteiger partial charge in [-0.15, -0.1) is 0 Å². The maximum Gasteiger partial charge on any atom is 0.0917 e. The Balaban J connectivity index is 2.02. The first-order valence-corrected chi connectivity index (χ1v) is 6.87. The molecule has 0 saturated carbocycles. The molecule has 0 aliphatic heterocycles. The first-order valence-electron chi connectivity index (χ1n) is 6.87. The Kier molecular flexibility index (Phi) is 4.75. The van der Waals surface area contributed by atoms with Crippen LogP contribution in [0, 0.1) is 0 Å². The number of aryl methyl sites for hydroxylation is 2. The van der Waals surface area contributed by atoms with Gasteiger partial charge in [0.1, 0.15) is 0 Å². The van der Waals surface area contributed by atoms with Crippen LogP contribution in [0.3, 0.4) is 0 Å². The van der Waals surface area contributed by atoms with Gasteiger partial charge in [0, 0.05) is 13.1 Å². The van der Waals surface area contributed by atoms with Gasteiger partial charge in [-0.25, -0.2) is 0 Å². The van der Waals surface area contributed by atoms with Crippen LogP contribution in [0.2, 0.25) is 0 Å². The minimum absolute atomic E-state index is 0.144. The Morgan fingerprint density at radius 2 is 2.06 bits per heavy atom. The topological polar surface area (TPSA) is 43.7 Å². The monoisotopic (exact) mass is 249 g/mol. The van der Waals surface area contributed by atoms with E-state index >= 15 is 0 Å². The smallest absolute Gasteiger partial charge is 0.0917 e. The Labute approximate surface area is 109 Å². The number of aliphatic hydroxyl groups is 2. The molecule has 0 radical (unpaired) electrons. The summed E-state index contributed by atoms with van der Waals surface area (Å²) in [5, 5.41) is 19.2. The third-order valence-electron chi connectivity index (χ3n) is 3.80. The van der Waals surface area contributed by atoms with Crippen molar-refractivity contribution < 1.29 is 10.2 Å². The number of hydrogen-bond donors (Lipinski definition) is 2. The average Bonchev–Trinajstić information content (AvgIpc) is 2.85. The predicted octanol–water partition coefficient (Wildman–Crippen LogP) is 1.52. The highest BCUT2D eigenvalue weighted by Crippen LogP contribution is 2.25. The zero-order chi connectivity index (χ0) is 13.0. The van der Waals surface area contributed by atoms with Gasteiger partial charge >= 0.3 is 0 Å². The van der Waals surface area contributed by atoms with E-state index in [1.54, 1.807) is 0 Å². The van der Waals surface area contributed by atoms with Crippen molar-refractivity contribution in [2.45, 2.75) is 32.3 Å². The Bertz CT molecular complexity index is 392. The number of hydrogen-bond acceptors (Lipinski definition) is 3. The lowest BCUT2D eigenvalue weighted by molar-refractivity contribution is 0.103. The van der Waals surface area contributed by atoms with E-state index in [4.69, 9.17) is 5.11 Å². The Morgan fingerprint density at radius 1 is 1.28 bits per heavy atom. The zero-order valence-corrected chi connectivity index (χ0v) is 11.1. The molecule has 0 amide bonds. The van der Waals surface area contributed by atoms with Gasteiger partial charge in [-0.2, -0.15) is 0 Å². The SMILES string of the molecule is CCN(CCO)CC(O)c1ccc2c(c1)CCC2. The lowest BCUT2D eigenvalue weighted by atomic mass is 10.0. The van der Waals surface area contributed by atoms with Crippen LogP contribution in [0.5, 0.6) is 0 Å². The molecule has 18 heavy (non-hydrogen) atoms. The highest BCUT2D eigenvalue weighted by molar-refractivity contribution is 5.36. The molecule has 1 aliphatic rings. The lowest BCUT2D eigenvalue weighted by Crippen LogP contribution is -2.31. The number of likely N-dealkylation sites (N-methyl/N-ethyl adjacent to an activating group) is 1. The maximum absolute atomic E-state index is 10.3. The van der Waals surface area contributed by atoms with Gasteiger partial charge in [0.2, 0.25) is 0 Å². The summed E-state index contributed by atoms with van der Waals surface area (Å²) in [5.74, 6) is 0. The summed E-state index contributed by atoms with van der Waals surface area (Å²) in [4.78, 5) is 2.07. The van der Waals surface area contributed by atoms with Crippen molar-refractivity contribution >= 4 is 0 Å². The molecule has 2 rings (SSSR count). The molecule has 2 N–H and O–H groups in total. The number of benzene rings is 1. The lowest BCUT2D eigenvalue weighted by Gasteiger charge is -2.23. The van der Waals surface area contributed by atoms with Crippen LogP contribution >= 0.6 is 0 Å². The number of fused-ring (bicyclic) bond motifs is 1. The molecule has 1 aliphatic carbocycles. The van der Waals surface area contributed by atoms with E-state index in [2.05, 4.69) is 17.0 Å². The summed E-state index contributed by atoms with van der Waals surface area (Å²) in [6.07, 6.45) is 3.10. The van der Waals surface area contributed by atoms with E-state index in [1.165, 1.54) is 24.0 Å². The molecule has 1 atom stereocenters. The third-order valence-corrected chi connectivity index (χ3v) is 3.80. The molecule has 0 fully saturated rings. The molecule has 0 aromatic heterocycles. The largest absolute Gasteiger partial charge is 0.395 e. The molecular weight excluding hydrogens is 226 g/mol. The van der Waals surface area contributed by atoms with E-state index in [0.29, 0.717) is 13.1 Å². The molecule has 0 bridgehead atoms. The summed E-state index contributed by atoms with van der Waals surface area (Å²) in [6, 6.07) is 6.35. The van der Waals surface area contributed by atoms with Crippen LogP contribution in [0.4, 0.5) is 0 Å². The van der Waals surface area contributed by atoms with Crippen molar-refractivity contribution in [3.05, 3.63) is 34.9 Å². The fourth-order valence-electron chi connectivity index (χ4n) is 2.67. The molecule has 0 spiro atoms. The standard InChI is InChI=1S/C15H23NO2/c1-2-16(8-9-17)11-15(18)14-7-6-12-4-3-5-13(12)10-14/h6-7,10,15,17-18H,2-5,8-9,11H2,1H3. The van der Waals surface area contributed by atoms with Gasteiger partial charge in [0.25, 0.3) is 0 Å². The highest BCUT2D eigenvalue weighted by Gasteiger charge is 2.16. The van der Waals surface area contributed by atoms with Crippen molar-refractivity contribution in [3.63, 3.8) is 0 Å². The zero-order valence-electron chi connectivity index (χ0n) is 11.1. The van der Waals surface area contributed by atoms with Crippen LogP contribution in [0.15, 0.2) is 18.2 Å². The first-order chi connectivity index (χ1) is 8.74. The second-order valence-electron chi connectivity index (χ2n) is 5.01. The minimum Gasteiger partial charge on any atom is -0.395 e. The minimum atomic E-state index is -0.456. The maximum atomic E-state index is 10.3. The quantitative estimate of drug-likeness (QED) is 0.803. The first kappa shape index (κ1) is 13.5. The second kappa shape index (κ2) is 6.32. The Hall–Kier alpha value is -0.900. The molecular formula is C15H23NO2. The van der Waals surface area contributed by atoms with Gasteiger partial charge < -0.3 is 10.2 Å². The second-order valence-corrected chi connectivity index (χ2v) is 5.01. The predicted molar refractivity (Wildman–Crippen MR) is 72.6 cm³/mol. The van der Waals surface area contributed by atoms with Crippen LogP contribution < -0.4 is 0 Å². The van der Waals surface area contributed by atoms with Gasteiger partial charge in [-0.1, -0.05) is 25.1 Å². The van der Waals surface area contributed by atoms with Gasteiger partial charge in [-0.3, -0.25) is 4.90 Å². The van der Waals surface area contributed by atoms with Gasteiger partial charge in [0.05, 0.1) is 12.7 Å². The summed E-state index contributed by atoms with van der Waals surface area (Å²) < 4.78 is 0. The van der Waals surface area contributed by atoms with E-state index < -0.39 is 6.10 Å².